The van der Waals surface area contributed by atoms with Crippen molar-refractivity contribution in [3.8, 4) is 0 Å². The van der Waals surface area contributed by atoms with Gasteiger partial charge in [0.15, 0.2) is 5.96 Å². The Bertz CT molecular complexity index is 283. The van der Waals surface area contributed by atoms with Crippen molar-refractivity contribution in [3.63, 3.8) is 0 Å². The van der Waals surface area contributed by atoms with Crippen LogP contribution in [0.5, 0.6) is 0 Å². The SMILES string of the molecule is CN=C(NCCC(F)(F)F)NCC1CCN(C)CC1. The van der Waals surface area contributed by atoms with E-state index in [1.54, 1.807) is 7.05 Å². The second-order valence-corrected chi connectivity index (χ2v) is 4.99. The van der Waals surface area contributed by atoms with Crippen LogP contribution in [0.1, 0.15) is 19.3 Å². The fourth-order valence-electron chi connectivity index (χ4n) is 2.05. The molecule has 0 aromatic heterocycles. The maximum Gasteiger partial charge on any atom is 0.390 e. The minimum Gasteiger partial charge on any atom is -0.356 e. The molecule has 0 spiro atoms. The number of aliphatic imine (C=N–C) groups is 1. The molecule has 0 aliphatic carbocycles. The average molecular weight is 280 g/mol. The van der Waals surface area contributed by atoms with Crippen LogP contribution in [0, 0.1) is 5.92 Å². The van der Waals surface area contributed by atoms with E-state index in [4.69, 9.17) is 0 Å². The number of likely N-dealkylation sites (tertiary alicyclic amines) is 1. The van der Waals surface area contributed by atoms with Gasteiger partial charge in [0.25, 0.3) is 0 Å². The topological polar surface area (TPSA) is 39.7 Å². The number of piperidine rings is 1. The lowest BCUT2D eigenvalue weighted by molar-refractivity contribution is -0.132. The molecule has 1 heterocycles. The monoisotopic (exact) mass is 280 g/mol. The van der Waals surface area contributed by atoms with Crippen LogP contribution in [-0.2, 0) is 0 Å². The number of hydrogen-bond acceptors (Lipinski definition) is 2. The highest BCUT2D eigenvalue weighted by Crippen LogP contribution is 2.18. The molecule has 0 aromatic rings. The zero-order valence-electron chi connectivity index (χ0n) is 11.6. The molecule has 1 aliphatic heterocycles. The summed E-state index contributed by atoms with van der Waals surface area (Å²) in [6, 6.07) is 0. The van der Waals surface area contributed by atoms with Gasteiger partial charge in [0.1, 0.15) is 0 Å². The Balaban J connectivity index is 2.18. The van der Waals surface area contributed by atoms with Gasteiger partial charge in [0.05, 0.1) is 6.42 Å². The predicted octanol–water partition coefficient (Wildman–Crippen LogP) is 1.45. The Hall–Kier alpha value is -0.980. The van der Waals surface area contributed by atoms with Crippen molar-refractivity contribution in [1.29, 1.82) is 0 Å². The number of rotatable bonds is 4. The van der Waals surface area contributed by atoms with Gasteiger partial charge < -0.3 is 15.5 Å². The predicted molar refractivity (Wildman–Crippen MR) is 70.3 cm³/mol. The molecule has 112 valence electrons. The molecule has 0 bridgehead atoms. The summed E-state index contributed by atoms with van der Waals surface area (Å²) in [4.78, 5) is 6.21. The lowest BCUT2D eigenvalue weighted by Gasteiger charge is -2.29. The molecule has 19 heavy (non-hydrogen) atoms. The third-order valence-electron chi connectivity index (χ3n) is 3.32. The number of alkyl halides is 3. The molecule has 0 unspecified atom stereocenters. The highest BCUT2D eigenvalue weighted by molar-refractivity contribution is 5.79. The van der Waals surface area contributed by atoms with Gasteiger partial charge in [-0.25, -0.2) is 0 Å². The molecule has 1 saturated heterocycles. The molecular weight excluding hydrogens is 257 g/mol. The van der Waals surface area contributed by atoms with Gasteiger partial charge in [-0.3, -0.25) is 4.99 Å². The minimum atomic E-state index is -4.13. The van der Waals surface area contributed by atoms with E-state index < -0.39 is 12.6 Å². The molecule has 0 atom stereocenters. The van der Waals surface area contributed by atoms with Crippen molar-refractivity contribution < 1.29 is 13.2 Å². The molecule has 0 saturated carbocycles. The first-order valence-electron chi connectivity index (χ1n) is 6.60. The molecular formula is C12H23F3N4. The number of nitrogens with one attached hydrogen (secondary N) is 2. The summed E-state index contributed by atoms with van der Waals surface area (Å²) in [6.07, 6.45) is -2.74. The Morgan fingerprint density at radius 1 is 1.26 bits per heavy atom. The van der Waals surface area contributed by atoms with Crippen LogP contribution in [0.25, 0.3) is 0 Å². The Kier molecular flexibility index (Phi) is 6.41. The Morgan fingerprint density at radius 2 is 1.89 bits per heavy atom. The van der Waals surface area contributed by atoms with E-state index >= 15 is 0 Å². The summed E-state index contributed by atoms with van der Waals surface area (Å²) in [7, 11) is 3.67. The minimum absolute atomic E-state index is 0.142. The molecule has 0 amide bonds. The molecule has 7 heteroatoms. The second kappa shape index (κ2) is 7.57. The third kappa shape index (κ3) is 7.25. The van der Waals surface area contributed by atoms with Crippen LogP contribution >= 0.6 is 0 Å². The lowest BCUT2D eigenvalue weighted by Crippen LogP contribution is -2.43. The smallest absolute Gasteiger partial charge is 0.356 e. The number of nitrogens with zero attached hydrogens (tertiary/aromatic N) is 2. The maximum atomic E-state index is 12.0. The highest BCUT2D eigenvalue weighted by atomic mass is 19.4. The third-order valence-corrected chi connectivity index (χ3v) is 3.32. The van der Waals surface area contributed by atoms with Gasteiger partial charge in [-0.1, -0.05) is 0 Å². The summed E-state index contributed by atoms with van der Waals surface area (Å²) in [6.45, 7) is 2.77. The van der Waals surface area contributed by atoms with Crippen LogP contribution in [0.3, 0.4) is 0 Å². The van der Waals surface area contributed by atoms with Crippen molar-refractivity contribution in [2.75, 3.05) is 40.3 Å². The first-order valence-corrected chi connectivity index (χ1v) is 6.60. The molecule has 1 fully saturated rings. The highest BCUT2D eigenvalue weighted by Gasteiger charge is 2.26. The molecule has 2 N–H and O–H groups in total. The van der Waals surface area contributed by atoms with Gasteiger partial charge in [0.2, 0.25) is 0 Å². The van der Waals surface area contributed by atoms with E-state index in [0.29, 0.717) is 11.9 Å². The van der Waals surface area contributed by atoms with Gasteiger partial charge in [0, 0.05) is 20.1 Å². The number of halogens is 3. The van der Waals surface area contributed by atoms with E-state index in [2.05, 4.69) is 27.6 Å². The molecule has 4 nitrogen and oxygen atoms in total. The number of guanidine groups is 1. The summed E-state index contributed by atoms with van der Waals surface area (Å²) >= 11 is 0. The van der Waals surface area contributed by atoms with Gasteiger partial charge in [-0.05, 0) is 38.9 Å². The maximum absolute atomic E-state index is 12.0. The van der Waals surface area contributed by atoms with Crippen LogP contribution < -0.4 is 10.6 Å². The van der Waals surface area contributed by atoms with E-state index in [-0.39, 0.29) is 6.54 Å². The summed E-state index contributed by atoms with van der Waals surface area (Å²) < 4.78 is 36.1. The van der Waals surface area contributed by atoms with Gasteiger partial charge in [-0.2, -0.15) is 13.2 Å². The fraction of sp³-hybridized carbons (Fsp3) is 0.917. The summed E-state index contributed by atoms with van der Waals surface area (Å²) in [5.41, 5.74) is 0. The summed E-state index contributed by atoms with van der Waals surface area (Å²) in [5.74, 6) is 1.01. The van der Waals surface area contributed by atoms with E-state index in [1.807, 2.05) is 0 Å². The molecule has 1 aliphatic rings. The van der Waals surface area contributed by atoms with E-state index in [0.717, 1.165) is 32.5 Å². The van der Waals surface area contributed by atoms with Crippen LogP contribution in [0.2, 0.25) is 0 Å². The zero-order chi connectivity index (χ0) is 14.3. The van der Waals surface area contributed by atoms with Crippen molar-refractivity contribution in [1.82, 2.24) is 15.5 Å². The van der Waals surface area contributed by atoms with Crippen molar-refractivity contribution in [2.45, 2.75) is 25.4 Å². The normalized spacial score (nSPS) is 19.5. The number of hydrogen-bond donors (Lipinski definition) is 2. The van der Waals surface area contributed by atoms with Crippen LogP contribution in [0.15, 0.2) is 4.99 Å². The van der Waals surface area contributed by atoms with Crippen LogP contribution in [0.4, 0.5) is 13.2 Å². The molecule has 1 rings (SSSR count). The van der Waals surface area contributed by atoms with Crippen molar-refractivity contribution >= 4 is 5.96 Å². The van der Waals surface area contributed by atoms with Gasteiger partial charge >= 0.3 is 6.18 Å². The first kappa shape index (κ1) is 16.1. The Labute approximate surface area is 112 Å². The lowest BCUT2D eigenvalue weighted by atomic mass is 9.97. The van der Waals surface area contributed by atoms with E-state index in [1.165, 1.54) is 0 Å². The van der Waals surface area contributed by atoms with Crippen molar-refractivity contribution in [3.05, 3.63) is 0 Å². The molecule has 0 aromatic carbocycles. The zero-order valence-corrected chi connectivity index (χ0v) is 11.6. The quantitative estimate of drug-likeness (QED) is 0.605. The fourth-order valence-corrected chi connectivity index (χ4v) is 2.05. The van der Waals surface area contributed by atoms with Gasteiger partial charge in [-0.15, -0.1) is 0 Å². The first-order chi connectivity index (χ1) is 8.90. The average Bonchev–Trinajstić information content (AvgIpc) is 2.34. The molecule has 0 radical (unpaired) electrons. The van der Waals surface area contributed by atoms with E-state index in [9.17, 15) is 13.2 Å². The standard InChI is InChI=1S/C12H23F3N4/c1-16-11(17-6-5-12(13,14)15)18-9-10-3-7-19(2)8-4-10/h10H,3-9H2,1-2H3,(H2,16,17,18). The summed E-state index contributed by atoms with van der Waals surface area (Å²) in [5, 5.41) is 5.78. The van der Waals surface area contributed by atoms with Crippen molar-refractivity contribution in [2.24, 2.45) is 10.9 Å². The largest absolute Gasteiger partial charge is 0.390 e. The Morgan fingerprint density at radius 3 is 2.42 bits per heavy atom. The van der Waals surface area contributed by atoms with Crippen LogP contribution in [-0.4, -0.2) is 57.3 Å². The second-order valence-electron chi connectivity index (χ2n) is 4.99.